The third-order valence-corrected chi connectivity index (χ3v) is 6.65. The molecule has 1 heterocycles. The zero-order valence-corrected chi connectivity index (χ0v) is 20.8. The van der Waals surface area contributed by atoms with E-state index in [1.165, 1.54) is 11.8 Å². The van der Waals surface area contributed by atoms with Crippen molar-refractivity contribution >= 4 is 42.2 Å². The van der Waals surface area contributed by atoms with E-state index in [1.54, 1.807) is 4.90 Å². The van der Waals surface area contributed by atoms with Crippen LogP contribution in [-0.4, -0.2) is 70.2 Å². The predicted octanol–water partition coefficient (Wildman–Crippen LogP) is 2.20. The monoisotopic (exact) mass is 481 g/mol. The summed E-state index contributed by atoms with van der Waals surface area (Å²) < 4.78 is 0. The van der Waals surface area contributed by atoms with Gasteiger partial charge in [-0.3, -0.25) is 9.59 Å². The van der Waals surface area contributed by atoms with Crippen LogP contribution in [0, 0.1) is 5.92 Å². The van der Waals surface area contributed by atoms with E-state index in [2.05, 4.69) is 23.3 Å². The number of fused-ring (bicyclic) bond motifs is 1. The zero-order chi connectivity index (χ0) is 23.7. The van der Waals surface area contributed by atoms with Gasteiger partial charge in [0.2, 0.25) is 11.8 Å². The summed E-state index contributed by atoms with van der Waals surface area (Å²) >= 11 is 5.77. The number of hydrogen-bond acceptors (Lipinski definition) is 6. The highest BCUT2D eigenvalue weighted by atomic mass is 32.2. The summed E-state index contributed by atoms with van der Waals surface area (Å²) in [5.41, 5.74) is 2.02. The summed E-state index contributed by atoms with van der Waals surface area (Å²) in [6, 6.07) is 5.63. The molecule has 1 aliphatic rings. The Labute approximate surface area is 200 Å². The van der Waals surface area contributed by atoms with Crippen LogP contribution in [0.15, 0.2) is 24.3 Å². The van der Waals surface area contributed by atoms with Gasteiger partial charge >= 0.3 is 5.97 Å². The summed E-state index contributed by atoms with van der Waals surface area (Å²) in [6.45, 7) is 4.94. The molecule has 0 aromatic heterocycles. The Bertz CT molecular complexity index is 790. The van der Waals surface area contributed by atoms with Crippen molar-refractivity contribution in [2.24, 2.45) is 5.92 Å². The lowest BCUT2D eigenvalue weighted by atomic mass is 9.91. The van der Waals surface area contributed by atoms with Crippen LogP contribution in [0.3, 0.4) is 0 Å². The minimum atomic E-state index is -1.06. The van der Waals surface area contributed by atoms with Crippen molar-refractivity contribution in [3.63, 3.8) is 0 Å². The van der Waals surface area contributed by atoms with Gasteiger partial charge in [-0.1, -0.05) is 38.1 Å². The molecule has 32 heavy (non-hydrogen) atoms. The molecule has 0 radical (unpaired) electrons. The van der Waals surface area contributed by atoms with Crippen LogP contribution in [0.25, 0.3) is 0 Å². The Morgan fingerprint density at radius 3 is 2.53 bits per heavy atom. The first-order chi connectivity index (χ1) is 15.3. The number of benzene rings is 1. The molecule has 7 nitrogen and oxygen atoms in total. The minimum absolute atomic E-state index is 0.0386. The largest absolute Gasteiger partial charge is 0.480 e. The van der Waals surface area contributed by atoms with Crippen LogP contribution < -0.4 is 10.6 Å². The van der Waals surface area contributed by atoms with Gasteiger partial charge in [-0.05, 0) is 54.2 Å². The molecule has 2 rings (SSSR count). The number of carboxylic acid groups (broad SMARTS) is 1. The zero-order valence-electron chi connectivity index (χ0n) is 19.0. The fourth-order valence-electron chi connectivity index (χ4n) is 3.87. The fourth-order valence-corrected chi connectivity index (χ4v) is 4.50. The summed E-state index contributed by atoms with van der Waals surface area (Å²) in [5.74, 6) is -0.228. The molecule has 3 N–H and O–H groups in total. The first-order valence-corrected chi connectivity index (χ1v) is 13.1. The van der Waals surface area contributed by atoms with Gasteiger partial charge in [0.1, 0.15) is 12.1 Å². The van der Waals surface area contributed by atoms with E-state index in [1.807, 2.05) is 44.4 Å². The maximum absolute atomic E-state index is 13.6. The Hall–Kier alpha value is -1.71. The van der Waals surface area contributed by atoms with Gasteiger partial charge in [0.15, 0.2) is 0 Å². The topological polar surface area (TPSA) is 98.7 Å². The van der Waals surface area contributed by atoms with E-state index >= 15 is 0 Å². The molecule has 0 aliphatic carbocycles. The van der Waals surface area contributed by atoms with Gasteiger partial charge in [0.05, 0.1) is 6.04 Å². The molecular weight excluding hydrogens is 446 g/mol. The standard InChI is InChI=1S/C23H35N3O4S2/c1-15(2)20(24-10-6-11-31)22(28)26-14-17-8-5-4-7-16(17)13-19(26)21(27)25-18(23(29)30)9-12-32-3/h4-5,7-8,15,18-20,24,31H,6,9-14H2,1-3H3,(H,25,27)(H,29,30)/t18-,19?,20+/m1/s1. The number of nitrogens with zero attached hydrogens (tertiary/aromatic N) is 1. The Kier molecular flexibility index (Phi) is 10.9. The fraction of sp³-hybridized carbons (Fsp3) is 0.609. The first-order valence-electron chi connectivity index (χ1n) is 11.0. The van der Waals surface area contributed by atoms with E-state index in [0.717, 1.165) is 23.3 Å². The number of amides is 2. The number of carbonyl (C=O) groups excluding carboxylic acids is 2. The van der Waals surface area contributed by atoms with E-state index in [-0.39, 0.29) is 11.8 Å². The highest BCUT2D eigenvalue weighted by Gasteiger charge is 2.39. The SMILES string of the molecule is CSCC[C@@H](NC(=O)C1Cc2ccccc2CN1C(=O)[C@@H](NCCCS)C(C)C)C(=O)O. The van der Waals surface area contributed by atoms with Crippen molar-refractivity contribution < 1.29 is 19.5 Å². The maximum atomic E-state index is 13.6. The molecule has 9 heteroatoms. The number of rotatable bonds is 12. The second-order valence-corrected chi connectivity index (χ2v) is 9.82. The highest BCUT2D eigenvalue weighted by molar-refractivity contribution is 7.98. The number of hydrogen-bond donors (Lipinski definition) is 4. The molecule has 0 saturated carbocycles. The molecule has 0 saturated heterocycles. The van der Waals surface area contributed by atoms with Crippen LogP contribution in [0.1, 0.15) is 37.8 Å². The number of nitrogens with one attached hydrogen (secondary N) is 2. The molecule has 3 atom stereocenters. The summed E-state index contributed by atoms with van der Waals surface area (Å²) in [5, 5.41) is 15.5. The smallest absolute Gasteiger partial charge is 0.326 e. The van der Waals surface area contributed by atoms with Crippen LogP contribution in [0.4, 0.5) is 0 Å². The average Bonchev–Trinajstić information content (AvgIpc) is 2.77. The molecule has 0 bridgehead atoms. The van der Waals surface area contributed by atoms with Gasteiger partial charge in [-0.15, -0.1) is 0 Å². The summed E-state index contributed by atoms with van der Waals surface area (Å²) in [4.78, 5) is 40.1. The average molecular weight is 482 g/mol. The Morgan fingerprint density at radius 1 is 1.25 bits per heavy atom. The summed E-state index contributed by atoms with van der Waals surface area (Å²) in [7, 11) is 0. The third kappa shape index (κ3) is 7.15. The predicted molar refractivity (Wildman–Crippen MR) is 132 cm³/mol. The lowest BCUT2D eigenvalue weighted by Crippen LogP contribution is -2.59. The molecule has 178 valence electrons. The van der Waals surface area contributed by atoms with Crippen molar-refractivity contribution in [3.8, 4) is 0 Å². The minimum Gasteiger partial charge on any atom is -0.480 e. The van der Waals surface area contributed by atoms with Gasteiger partial charge in [0.25, 0.3) is 0 Å². The van der Waals surface area contributed by atoms with Crippen molar-refractivity contribution in [2.75, 3.05) is 24.3 Å². The molecule has 1 aromatic rings. The van der Waals surface area contributed by atoms with Gasteiger partial charge in [0, 0.05) is 13.0 Å². The molecule has 1 aliphatic heterocycles. The van der Waals surface area contributed by atoms with Crippen molar-refractivity contribution in [3.05, 3.63) is 35.4 Å². The second-order valence-electron chi connectivity index (χ2n) is 8.39. The molecule has 2 amide bonds. The van der Waals surface area contributed by atoms with Crippen molar-refractivity contribution in [1.29, 1.82) is 0 Å². The van der Waals surface area contributed by atoms with Gasteiger partial charge in [-0.2, -0.15) is 24.4 Å². The summed E-state index contributed by atoms with van der Waals surface area (Å²) in [6.07, 6.45) is 3.43. The number of thiol groups is 1. The van der Waals surface area contributed by atoms with Crippen LogP contribution in [-0.2, 0) is 27.3 Å². The van der Waals surface area contributed by atoms with Gasteiger partial charge in [-0.25, -0.2) is 4.79 Å². The Morgan fingerprint density at radius 2 is 1.94 bits per heavy atom. The number of carboxylic acids is 1. The van der Waals surface area contributed by atoms with E-state index in [0.29, 0.717) is 31.7 Å². The maximum Gasteiger partial charge on any atom is 0.326 e. The quantitative estimate of drug-likeness (QED) is 0.270. The number of aliphatic carboxylic acids is 1. The van der Waals surface area contributed by atoms with Crippen LogP contribution in [0.2, 0.25) is 0 Å². The lowest BCUT2D eigenvalue weighted by molar-refractivity contribution is -0.146. The van der Waals surface area contributed by atoms with Gasteiger partial charge < -0.3 is 20.6 Å². The Balaban J connectivity index is 2.28. The van der Waals surface area contributed by atoms with Crippen LogP contribution >= 0.6 is 24.4 Å². The third-order valence-electron chi connectivity index (χ3n) is 5.69. The molecule has 1 unspecified atom stereocenters. The molecular formula is C23H35N3O4S2. The molecule has 0 spiro atoms. The van der Waals surface area contributed by atoms with Crippen LogP contribution in [0.5, 0.6) is 0 Å². The van der Waals surface area contributed by atoms with Crippen molar-refractivity contribution in [2.45, 2.75) is 57.8 Å². The number of thioether (sulfide) groups is 1. The van der Waals surface area contributed by atoms with E-state index in [9.17, 15) is 19.5 Å². The first kappa shape index (κ1) is 26.5. The number of carbonyl (C=O) groups is 3. The normalized spacial score (nSPS) is 17.5. The van der Waals surface area contributed by atoms with Crippen molar-refractivity contribution in [1.82, 2.24) is 15.5 Å². The van der Waals surface area contributed by atoms with E-state index < -0.39 is 30.0 Å². The highest BCUT2D eigenvalue weighted by Crippen LogP contribution is 2.25. The van der Waals surface area contributed by atoms with E-state index in [4.69, 9.17) is 0 Å². The lowest BCUT2D eigenvalue weighted by Gasteiger charge is -2.39. The molecule has 0 fully saturated rings. The second kappa shape index (κ2) is 13.1. The molecule has 1 aromatic carbocycles.